The van der Waals surface area contributed by atoms with Gasteiger partial charge < -0.3 is 15.5 Å². The molecule has 2 rings (SSSR count). The molecule has 0 fully saturated rings. The number of furan rings is 1. The lowest BCUT2D eigenvalue weighted by Gasteiger charge is -2.10. The van der Waals surface area contributed by atoms with E-state index in [9.17, 15) is 4.79 Å². The Balaban J connectivity index is 2.28. The average Bonchev–Trinajstić information content (AvgIpc) is 2.72. The molecule has 1 heterocycles. The van der Waals surface area contributed by atoms with Crippen LogP contribution in [0.25, 0.3) is 0 Å². The fourth-order valence-corrected chi connectivity index (χ4v) is 1.85. The first-order valence-electron chi connectivity index (χ1n) is 5.40. The molecule has 0 aliphatic rings. The van der Waals surface area contributed by atoms with Crippen LogP contribution < -0.4 is 11.1 Å². The molecule has 1 aromatic heterocycles. The van der Waals surface area contributed by atoms with Crippen LogP contribution in [0.15, 0.2) is 28.9 Å². The molecule has 18 heavy (non-hydrogen) atoms. The summed E-state index contributed by atoms with van der Waals surface area (Å²) in [6.07, 6.45) is 1.37. The van der Waals surface area contributed by atoms with E-state index in [4.69, 9.17) is 21.8 Å². The predicted octanol–water partition coefficient (Wildman–Crippen LogP) is 3.38. The molecule has 0 unspecified atom stereocenters. The molecular formula is C13H13ClN2O2. The number of amides is 1. The third-order valence-electron chi connectivity index (χ3n) is 2.72. The first-order valence-corrected chi connectivity index (χ1v) is 5.78. The molecule has 0 saturated carbocycles. The van der Waals surface area contributed by atoms with E-state index >= 15 is 0 Å². The smallest absolute Gasteiger partial charge is 0.260 e. The summed E-state index contributed by atoms with van der Waals surface area (Å²) in [6.45, 7) is 3.82. The van der Waals surface area contributed by atoms with E-state index in [0.717, 1.165) is 11.1 Å². The molecule has 0 saturated heterocycles. The Morgan fingerprint density at radius 2 is 2.06 bits per heavy atom. The number of carbonyl (C=O) groups is 1. The molecule has 2 aromatic rings. The van der Waals surface area contributed by atoms with Crippen molar-refractivity contribution in [3.8, 4) is 0 Å². The zero-order valence-corrected chi connectivity index (χ0v) is 10.8. The van der Waals surface area contributed by atoms with Crippen molar-refractivity contribution in [2.75, 3.05) is 11.1 Å². The molecule has 0 aliphatic heterocycles. The Hall–Kier alpha value is -1.94. The topological polar surface area (TPSA) is 68.3 Å². The second-order valence-corrected chi connectivity index (χ2v) is 4.43. The highest BCUT2D eigenvalue weighted by molar-refractivity contribution is 6.32. The lowest BCUT2D eigenvalue weighted by atomic mass is 10.1. The van der Waals surface area contributed by atoms with E-state index in [-0.39, 0.29) is 11.1 Å². The van der Waals surface area contributed by atoms with Crippen molar-refractivity contribution in [2.24, 2.45) is 0 Å². The number of anilines is 2. The molecule has 0 bridgehead atoms. The van der Waals surface area contributed by atoms with Crippen LogP contribution >= 0.6 is 11.6 Å². The van der Waals surface area contributed by atoms with Gasteiger partial charge in [0.25, 0.3) is 5.91 Å². The summed E-state index contributed by atoms with van der Waals surface area (Å²) in [4.78, 5) is 11.9. The second kappa shape index (κ2) is 4.74. The minimum Gasteiger partial charge on any atom is -0.452 e. The number of nitrogen functional groups attached to an aromatic ring is 1. The van der Waals surface area contributed by atoms with E-state index < -0.39 is 0 Å². The minimum atomic E-state index is -0.319. The maximum atomic E-state index is 11.9. The number of nitrogens with two attached hydrogens (primary N) is 1. The van der Waals surface area contributed by atoms with Gasteiger partial charge in [0.05, 0.1) is 11.8 Å². The van der Waals surface area contributed by atoms with Crippen molar-refractivity contribution < 1.29 is 9.21 Å². The van der Waals surface area contributed by atoms with Crippen LogP contribution in [0.4, 0.5) is 11.4 Å². The van der Waals surface area contributed by atoms with Crippen molar-refractivity contribution in [1.29, 1.82) is 0 Å². The first kappa shape index (κ1) is 12.5. The minimum absolute atomic E-state index is 0.0743. The number of benzene rings is 1. The van der Waals surface area contributed by atoms with Crippen molar-refractivity contribution >= 4 is 28.9 Å². The highest BCUT2D eigenvalue weighted by Gasteiger charge is 2.14. The molecule has 0 spiro atoms. The van der Waals surface area contributed by atoms with Gasteiger partial charge in [0.1, 0.15) is 0 Å². The van der Waals surface area contributed by atoms with E-state index in [0.29, 0.717) is 16.9 Å². The van der Waals surface area contributed by atoms with Gasteiger partial charge in [0, 0.05) is 11.4 Å². The molecule has 1 aromatic carbocycles. The standard InChI is InChI=1S/C13H13ClN2O2/c1-7-5-8(2)11(6-10(7)15)16-13(17)9-3-4-18-12(9)14/h3-6H,15H2,1-2H3,(H,16,17). The molecule has 0 radical (unpaired) electrons. The summed E-state index contributed by atoms with van der Waals surface area (Å²) < 4.78 is 4.88. The highest BCUT2D eigenvalue weighted by Crippen LogP contribution is 2.24. The lowest BCUT2D eigenvalue weighted by molar-refractivity contribution is 0.102. The van der Waals surface area contributed by atoms with Crippen molar-refractivity contribution in [3.63, 3.8) is 0 Å². The monoisotopic (exact) mass is 264 g/mol. The van der Waals surface area contributed by atoms with Crippen LogP contribution in [-0.2, 0) is 0 Å². The largest absolute Gasteiger partial charge is 0.452 e. The zero-order valence-electron chi connectivity index (χ0n) is 10.1. The van der Waals surface area contributed by atoms with Crippen molar-refractivity contribution in [2.45, 2.75) is 13.8 Å². The van der Waals surface area contributed by atoms with E-state index in [1.165, 1.54) is 12.3 Å². The van der Waals surface area contributed by atoms with Gasteiger partial charge in [-0.15, -0.1) is 0 Å². The Morgan fingerprint density at radius 1 is 1.33 bits per heavy atom. The average molecular weight is 265 g/mol. The third kappa shape index (κ3) is 2.33. The Labute approximate surface area is 110 Å². The van der Waals surface area contributed by atoms with Crippen LogP contribution in [0.1, 0.15) is 21.5 Å². The van der Waals surface area contributed by atoms with Crippen LogP contribution in [0, 0.1) is 13.8 Å². The number of aryl methyl sites for hydroxylation is 2. The summed E-state index contributed by atoms with van der Waals surface area (Å²) in [6, 6.07) is 5.17. The van der Waals surface area contributed by atoms with E-state index in [1.807, 2.05) is 19.9 Å². The highest BCUT2D eigenvalue weighted by atomic mass is 35.5. The number of halogens is 1. The Kier molecular flexibility index (Phi) is 3.30. The quantitative estimate of drug-likeness (QED) is 0.817. The van der Waals surface area contributed by atoms with Crippen molar-refractivity contribution in [3.05, 3.63) is 46.4 Å². The SMILES string of the molecule is Cc1cc(C)c(NC(=O)c2ccoc2Cl)cc1N. The van der Waals surface area contributed by atoms with Gasteiger partial charge in [-0.1, -0.05) is 6.07 Å². The molecular weight excluding hydrogens is 252 g/mol. The van der Waals surface area contributed by atoms with Crippen LogP contribution in [0.2, 0.25) is 5.22 Å². The summed E-state index contributed by atoms with van der Waals surface area (Å²) in [7, 11) is 0. The summed E-state index contributed by atoms with van der Waals surface area (Å²) in [5, 5.41) is 2.83. The van der Waals surface area contributed by atoms with Gasteiger partial charge in [-0.2, -0.15) is 0 Å². The summed E-state index contributed by atoms with van der Waals surface area (Å²) >= 11 is 5.74. The maximum absolute atomic E-state index is 11.9. The lowest BCUT2D eigenvalue weighted by Crippen LogP contribution is -2.12. The van der Waals surface area contributed by atoms with Crippen LogP contribution in [-0.4, -0.2) is 5.91 Å². The van der Waals surface area contributed by atoms with Crippen molar-refractivity contribution in [1.82, 2.24) is 0 Å². The van der Waals surface area contributed by atoms with Gasteiger partial charge in [0.15, 0.2) is 0 Å². The predicted molar refractivity (Wildman–Crippen MR) is 72.0 cm³/mol. The second-order valence-electron chi connectivity index (χ2n) is 4.09. The third-order valence-corrected chi connectivity index (χ3v) is 3.02. The Bertz CT molecular complexity index is 605. The van der Waals surface area contributed by atoms with Crippen LogP contribution in [0.3, 0.4) is 0 Å². The molecule has 0 atom stereocenters. The van der Waals surface area contributed by atoms with Gasteiger partial charge in [-0.05, 0) is 48.7 Å². The van der Waals surface area contributed by atoms with Gasteiger partial charge in [-0.3, -0.25) is 4.79 Å². The number of hydrogen-bond acceptors (Lipinski definition) is 3. The van der Waals surface area contributed by atoms with Gasteiger partial charge in [-0.25, -0.2) is 0 Å². The molecule has 94 valence electrons. The van der Waals surface area contributed by atoms with Gasteiger partial charge >= 0.3 is 0 Å². The van der Waals surface area contributed by atoms with Crippen LogP contribution in [0.5, 0.6) is 0 Å². The summed E-state index contributed by atoms with van der Waals surface area (Å²) in [5.74, 6) is -0.319. The first-order chi connectivity index (χ1) is 8.49. The number of rotatable bonds is 2. The normalized spacial score (nSPS) is 10.4. The van der Waals surface area contributed by atoms with E-state index in [2.05, 4.69) is 5.32 Å². The zero-order chi connectivity index (χ0) is 13.3. The van der Waals surface area contributed by atoms with E-state index in [1.54, 1.807) is 6.07 Å². The maximum Gasteiger partial charge on any atom is 0.260 e. The molecule has 1 amide bonds. The molecule has 3 N–H and O–H groups in total. The Morgan fingerprint density at radius 3 is 2.67 bits per heavy atom. The number of nitrogens with one attached hydrogen (secondary N) is 1. The fourth-order valence-electron chi connectivity index (χ4n) is 1.65. The number of carbonyl (C=O) groups excluding carboxylic acids is 1. The fraction of sp³-hybridized carbons (Fsp3) is 0.154. The molecule has 5 heteroatoms. The summed E-state index contributed by atoms with van der Waals surface area (Å²) in [5.41, 5.74) is 9.34. The number of hydrogen-bond donors (Lipinski definition) is 2. The van der Waals surface area contributed by atoms with Gasteiger partial charge in [0.2, 0.25) is 5.22 Å². The molecule has 0 aliphatic carbocycles. The molecule has 4 nitrogen and oxygen atoms in total.